The summed E-state index contributed by atoms with van der Waals surface area (Å²) in [5.41, 5.74) is 0.961. The van der Waals surface area contributed by atoms with Gasteiger partial charge in [0, 0.05) is 22.9 Å². The number of hydrogen-bond acceptors (Lipinski definition) is 4. The summed E-state index contributed by atoms with van der Waals surface area (Å²) in [5.74, 6) is 0.149. The van der Waals surface area contributed by atoms with Crippen LogP contribution in [0.15, 0.2) is 29.2 Å². The molecule has 0 fully saturated rings. The Morgan fingerprint density at radius 2 is 2.12 bits per heavy atom. The molecule has 0 aromatic heterocycles. The molecule has 1 unspecified atom stereocenters. The van der Waals surface area contributed by atoms with Crippen LogP contribution < -0.4 is 5.32 Å². The highest BCUT2D eigenvalue weighted by molar-refractivity contribution is 7.98. The summed E-state index contributed by atoms with van der Waals surface area (Å²) in [6.45, 7) is 1.87. The van der Waals surface area contributed by atoms with Crippen LogP contribution in [0.3, 0.4) is 0 Å². The van der Waals surface area contributed by atoms with Crippen molar-refractivity contribution in [2.75, 3.05) is 23.6 Å². The largest absolute Gasteiger partial charge is 0.382 e. The van der Waals surface area contributed by atoms with Gasteiger partial charge in [0.2, 0.25) is 0 Å². The lowest BCUT2D eigenvalue weighted by atomic mass is 10.3. The lowest BCUT2D eigenvalue weighted by Gasteiger charge is -2.14. The van der Waals surface area contributed by atoms with Crippen molar-refractivity contribution in [2.45, 2.75) is 17.9 Å². The van der Waals surface area contributed by atoms with Crippen LogP contribution in [0.1, 0.15) is 6.92 Å². The summed E-state index contributed by atoms with van der Waals surface area (Å²) in [7, 11) is -2.93. The molecule has 0 amide bonds. The molecule has 0 saturated carbocycles. The summed E-state index contributed by atoms with van der Waals surface area (Å²) < 4.78 is 22.2. The fraction of sp³-hybridized carbons (Fsp3) is 0.455. The molecule has 90 valence electrons. The molecule has 0 aliphatic heterocycles. The van der Waals surface area contributed by atoms with Gasteiger partial charge in [-0.1, -0.05) is 6.07 Å². The Hall–Kier alpha value is -0.680. The fourth-order valence-corrected chi connectivity index (χ4v) is 2.94. The molecule has 0 saturated heterocycles. The van der Waals surface area contributed by atoms with E-state index in [1.807, 2.05) is 37.4 Å². The highest BCUT2D eigenvalue weighted by atomic mass is 32.2. The molecule has 1 aromatic carbocycles. The van der Waals surface area contributed by atoms with Crippen molar-refractivity contribution in [1.82, 2.24) is 0 Å². The van der Waals surface area contributed by atoms with Crippen LogP contribution in [-0.2, 0) is 9.84 Å². The first-order valence-electron chi connectivity index (χ1n) is 4.99. The summed E-state index contributed by atoms with van der Waals surface area (Å²) >= 11 is 1.66. The first-order chi connectivity index (χ1) is 7.40. The Balaban J connectivity index is 2.65. The smallest absolute Gasteiger partial charge is 0.149 e. The first-order valence-corrected chi connectivity index (χ1v) is 8.27. The van der Waals surface area contributed by atoms with Gasteiger partial charge in [-0.3, -0.25) is 0 Å². The van der Waals surface area contributed by atoms with Gasteiger partial charge in [-0.15, -0.1) is 11.8 Å². The second-order valence-electron chi connectivity index (χ2n) is 3.87. The lowest BCUT2D eigenvalue weighted by molar-refractivity contribution is 0.598. The zero-order valence-electron chi connectivity index (χ0n) is 9.73. The van der Waals surface area contributed by atoms with E-state index in [0.29, 0.717) is 0 Å². The van der Waals surface area contributed by atoms with Gasteiger partial charge in [0.25, 0.3) is 0 Å². The van der Waals surface area contributed by atoms with Gasteiger partial charge in [0.1, 0.15) is 9.84 Å². The fourth-order valence-electron chi connectivity index (χ4n) is 1.49. The van der Waals surface area contributed by atoms with Crippen LogP contribution in [0, 0.1) is 0 Å². The maximum absolute atomic E-state index is 11.1. The quantitative estimate of drug-likeness (QED) is 0.824. The molecule has 3 nitrogen and oxygen atoms in total. The molecular weight excluding hydrogens is 242 g/mol. The van der Waals surface area contributed by atoms with Crippen LogP contribution in [0.4, 0.5) is 5.69 Å². The highest BCUT2D eigenvalue weighted by Crippen LogP contribution is 2.19. The van der Waals surface area contributed by atoms with E-state index in [1.165, 1.54) is 6.26 Å². The van der Waals surface area contributed by atoms with Crippen LogP contribution in [0.2, 0.25) is 0 Å². The molecule has 0 heterocycles. The van der Waals surface area contributed by atoms with E-state index in [2.05, 4.69) is 5.32 Å². The molecule has 0 spiro atoms. The minimum atomic E-state index is -2.93. The summed E-state index contributed by atoms with van der Waals surface area (Å²) in [6, 6.07) is 7.87. The monoisotopic (exact) mass is 259 g/mol. The van der Waals surface area contributed by atoms with E-state index in [9.17, 15) is 8.42 Å². The normalized spacial score (nSPS) is 13.4. The Kier molecular flexibility index (Phi) is 4.68. The molecule has 0 radical (unpaired) electrons. The minimum Gasteiger partial charge on any atom is -0.382 e. The predicted octanol–water partition coefficient (Wildman–Crippen LogP) is 2.25. The summed E-state index contributed by atoms with van der Waals surface area (Å²) in [4.78, 5) is 1.16. The maximum atomic E-state index is 11.1. The summed E-state index contributed by atoms with van der Waals surface area (Å²) in [6.07, 6.45) is 3.27. The first kappa shape index (κ1) is 13.4. The molecule has 1 rings (SSSR count). The highest BCUT2D eigenvalue weighted by Gasteiger charge is 2.10. The average molecular weight is 259 g/mol. The minimum absolute atomic E-state index is 0.0768. The number of rotatable bonds is 5. The van der Waals surface area contributed by atoms with Crippen molar-refractivity contribution in [3.63, 3.8) is 0 Å². The van der Waals surface area contributed by atoms with Crippen molar-refractivity contribution in [2.24, 2.45) is 0 Å². The number of benzene rings is 1. The molecule has 1 aromatic rings. The van der Waals surface area contributed by atoms with Gasteiger partial charge in [-0.25, -0.2) is 8.42 Å². The molecular formula is C11H17NO2S2. The number of nitrogens with one attached hydrogen (secondary N) is 1. The van der Waals surface area contributed by atoms with E-state index >= 15 is 0 Å². The van der Waals surface area contributed by atoms with E-state index in [4.69, 9.17) is 0 Å². The average Bonchev–Trinajstić information content (AvgIpc) is 2.15. The third kappa shape index (κ3) is 4.90. The van der Waals surface area contributed by atoms with Crippen LogP contribution >= 0.6 is 11.8 Å². The van der Waals surface area contributed by atoms with E-state index < -0.39 is 9.84 Å². The third-order valence-corrected chi connectivity index (χ3v) is 3.87. The van der Waals surface area contributed by atoms with Crippen molar-refractivity contribution in [3.05, 3.63) is 24.3 Å². The lowest BCUT2D eigenvalue weighted by Crippen LogP contribution is -2.24. The topological polar surface area (TPSA) is 46.2 Å². The standard InChI is InChI=1S/C11H17NO2S2/c1-9(8-16(3,13)14)12-10-5-4-6-11(7-10)15-2/h4-7,9,12H,8H2,1-3H3. The van der Waals surface area contributed by atoms with E-state index in [1.54, 1.807) is 11.8 Å². The zero-order valence-corrected chi connectivity index (χ0v) is 11.4. The van der Waals surface area contributed by atoms with Crippen molar-refractivity contribution >= 4 is 27.3 Å². The molecule has 0 bridgehead atoms. The Labute approximate surface area is 102 Å². The Bertz CT molecular complexity index is 443. The molecule has 16 heavy (non-hydrogen) atoms. The predicted molar refractivity (Wildman–Crippen MR) is 71.0 cm³/mol. The second-order valence-corrected chi connectivity index (χ2v) is 6.93. The Morgan fingerprint density at radius 3 is 2.69 bits per heavy atom. The molecule has 1 N–H and O–H groups in total. The van der Waals surface area contributed by atoms with Gasteiger partial charge in [0.15, 0.2) is 0 Å². The zero-order chi connectivity index (χ0) is 12.2. The molecule has 5 heteroatoms. The van der Waals surface area contributed by atoms with E-state index in [0.717, 1.165) is 10.6 Å². The van der Waals surface area contributed by atoms with Crippen molar-refractivity contribution in [3.8, 4) is 0 Å². The van der Waals surface area contributed by atoms with Gasteiger partial charge in [-0.05, 0) is 31.4 Å². The summed E-state index contributed by atoms with van der Waals surface area (Å²) in [5, 5.41) is 3.18. The van der Waals surface area contributed by atoms with Gasteiger partial charge in [-0.2, -0.15) is 0 Å². The van der Waals surface area contributed by atoms with Crippen LogP contribution in [-0.4, -0.2) is 32.7 Å². The van der Waals surface area contributed by atoms with Crippen molar-refractivity contribution < 1.29 is 8.42 Å². The Morgan fingerprint density at radius 1 is 1.44 bits per heavy atom. The maximum Gasteiger partial charge on any atom is 0.149 e. The van der Waals surface area contributed by atoms with Gasteiger partial charge in [0.05, 0.1) is 5.75 Å². The van der Waals surface area contributed by atoms with Gasteiger partial charge < -0.3 is 5.32 Å². The number of sulfone groups is 1. The van der Waals surface area contributed by atoms with E-state index in [-0.39, 0.29) is 11.8 Å². The van der Waals surface area contributed by atoms with Crippen LogP contribution in [0.25, 0.3) is 0 Å². The van der Waals surface area contributed by atoms with Crippen LogP contribution in [0.5, 0.6) is 0 Å². The second kappa shape index (κ2) is 5.59. The SMILES string of the molecule is CSc1cccc(NC(C)CS(C)(=O)=O)c1. The third-order valence-electron chi connectivity index (χ3n) is 2.04. The molecule has 0 aliphatic rings. The number of hydrogen-bond donors (Lipinski definition) is 1. The molecule has 0 aliphatic carbocycles. The van der Waals surface area contributed by atoms with Crippen molar-refractivity contribution in [1.29, 1.82) is 0 Å². The number of anilines is 1. The number of thioether (sulfide) groups is 1. The van der Waals surface area contributed by atoms with Gasteiger partial charge >= 0.3 is 0 Å². The molecule has 1 atom stereocenters.